The minimum absolute atomic E-state index is 0.0557. The minimum Gasteiger partial charge on any atom is -0.356 e. The van der Waals surface area contributed by atoms with E-state index in [1.54, 1.807) is 10.4 Å². The van der Waals surface area contributed by atoms with Crippen LogP contribution >= 0.6 is 11.3 Å². The summed E-state index contributed by atoms with van der Waals surface area (Å²) in [5, 5.41) is 7.32. The topological polar surface area (TPSA) is 74.3 Å². The molecule has 1 aliphatic rings. The molecule has 6 nitrogen and oxygen atoms in total. The van der Waals surface area contributed by atoms with Crippen molar-refractivity contribution in [2.45, 2.75) is 31.6 Å². The van der Waals surface area contributed by atoms with E-state index in [4.69, 9.17) is 0 Å². The SMILES string of the molecule is O=C(CC1C(=O)NCCN1Cc1ccccc1C(F)(F)F)NCCc1cscn1. The average molecular weight is 426 g/mol. The van der Waals surface area contributed by atoms with Crippen molar-refractivity contribution in [3.63, 3.8) is 0 Å². The Kier molecular flexibility index (Phi) is 6.86. The van der Waals surface area contributed by atoms with Crippen LogP contribution in [0.4, 0.5) is 13.2 Å². The summed E-state index contributed by atoms with van der Waals surface area (Å²) in [6.07, 6.45) is -4.01. The number of nitrogens with one attached hydrogen (secondary N) is 2. The number of carbonyl (C=O) groups is 2. The normalized spacial score (nSPS) is 17.8. The predicted molar refractivity (Wildman–Crippen MR) is 102 cm³/mol. The summed E-state index contributed by atoms with van der Waals surface area (Å²) in [5.41, 5.74) is 1.94. The molecule has 0 aliphatic carbocycles. The molecule has 0 saturated carbocycles. The third-order valence-electron chi connectivity index (χ3n) is 4.70. The van der Waals surface area contributed by atoms with Crippen LogP contribution < -0.4 is 10.6 Å². The highest BCUT2D eigenvalue weighted by atomic mass is 32.1. The Morgan fingerprint density at radius 1 is 1.34 bits per heavy atom. The summed E-state index contributed by atoms with van der Waals surface area (Å²) >= 11 is 1.47. The van der Waals surface area contributed by atoms with Gasteiger partial charge in [0.25, 0.3) is 0 Å². The lowest BCUT2D eigenvalue weighted by Crippen LogP contribution is -2.56. The van der Waals surface area contributed by atoms with Crippen LogP contribution in [0, 0.1) is 0 Å². The first-order chi connectivity index (χ1) is 13.8. The zero-order valence-corrected chi connectivity index (χ0v) is 16.4. The maximum atomic E-state index is 13.3. The molecular formula is C19H21F3N4O2S. The highest BCUT2D eigenvalue weighted by Gasteiger charge is 2.36. The Bertz CT molecular complexity index is 842. The number of halogens is 3. The first kappa shape index (κ1) is 21.3. The third kappa shape index (κ3) is 5.77. The van der Waals surface area contributed by atoms with E-state index in [2.05, 4.69) is 15.6 Å². The Hall–Kier alpha value is -2.46. The van der Waals surface area contributed by atoms with Gasteiger partial charge in [0, 0.05) is 38.0 Å². The molecule has 10 heteroatoms. The van der Waals surface area contributed by atoms with E-state index < -0.39 is 17.8 Å². The van der Waals surface area contributed by atoms with Gasteiger partial charge >= 0.3 is 6.18 Å². The summed E-state index contributed by atoms with van der Waals surface area (Å²) in [5.74, 6) is -0.674. The lowest BCUT2D eigenvalue weighted by molar-refractivity contribution is -0.139. The number of carbonyl (C=O) groups excluding carboxylic acids is 2. The number of hydrogen-bond acceptors (Lipinski definition) is 5. The molecule has 1 aromatic carbocycles. The molecule has 3 rings (SSSR count). The number of thiazole rings is 1. The van der Waals surface area contributed by atoms with Gasteiger partial charge in [0.2, 0.25) is 11.8 Å². The summed E-state index contributed by atoms with van der Waals surface area (Å²) in [6.45, 7) is 1.03. The fourth-order valence-electron chi connectivity index (χ4n) is 3.27. The van der Waals surface area contributed by atoms with Crippen molar-refractivity contribution in [3.8, 4) is 0 Å². The van der Waals surface area contributed by atoms with Crippen LogP contribution in [0.2, 0.25) is 0 Å². The molecule has 1 unspecified atom stereocenters. The Morgan fingerprint density at radius 3 is 2.86 bits per heavy atom. The van der Waals surface area contributed by atoms with Gasteiger partial charge in [-0.3, -0.25) is 14.5 Å². The fraction of sp³-hybridized carbons (Fsp3) is 0.421. The van der Waals surface area contributed by atoms with Crippen molar-refractivity contribution in [1.29, 1.82) is 0 Å². The van der Waals surface area contributed by atoms with Crippen molar-refractivity contribution in [3.05, 3.63) is 52.0 Å². The molecule has 1 atom stereocenters. The molecule has 2 N–H and O–H groups in total. The quantitative estimate of drug-likeness (QED) is 0.712. The van der Waals surface area contributed by atoms with Crippen LogP contribution in [0.1, 0.15) is 23.2 Å². The molecule has 0 spiro atoms. The first-order valence-electron chi connectivity index (χ1n) is 9.15. The van der Waals surface area contributed by atoms with Gasteiger partial charge < -0.3 is 10.6 Å². The molecule has 1 fully saturated rings. The van der Waals surface area contributed by atoms with E-state index in [-0.39, 0.29) is 30.3 Å². The Labute approximate surface area is 170 Å². The van der Waals surface area contributed by atoms with Gasteiger partial charge in [-0.25, -0.2) is 4.98 Å². The van der Waals surface area contributed by atoms with Crippen LogP contribution in [0.3, 0.4) is 0 Å². The number of benzene rings is 1. The zero-order valence-electron chi connectivity index (χ0n) is 15.5. The van der Waals surface area contributed by atoms with Crippen LogP contribution in [-0.4, -0.2) is 47.4 Å². The van der Waals surface area contributed by atoms with Crippen LogP contribution in [0.15, 0.2) is 35.2 Å². The molecule has 2 aromatic rings. The van der Waals surface area contributed by atoms with E-state index in [9.17, 15) is 22.8 Å². The Balaban J connectivity index is 1.63. The average Bonchev–Trinajstić information content (AvgIpc) is 3.18. The van der Waals surface area contributed by atoms with Gasteiger partial charge in [-0.2, -0.15) is 13.2 Å². The second-order valence-corrected chi connectivity index (χ2v) is 7.43. The zero-order chi connectivity index (χ0) is 20.9. The van der Waals surface area contributed by atoms with Crippen molar-refractivity contribution in [1.82, 2.24) is 20.5 Å². The maximum absolute atomic E-state index is 13.3. The molecule has 29 heavy (non-hydrogen) atoms. The van der Waals surface area contributed by atoms with Crippen molar-refractivity contribution >= 4 is 23.2 Å². The standard InChI is InChI=1S/C19H21F3N4O2S/c20-19(21,22)15-4-2-1-3-13(15)10-26-8-7-24-18(28)16(26)9-17(27)23-6-5-14-11-29-12-25-14/h1-4,11-12,16H,5-10H2,(H,23,27)(H,24,28). The van der Waals surface area contributed by atoms with Crippen LogP contribution in [0.25, 0.3) is 0 Å². The number of piperazine rings is 1. The van der Waals surface area contributed by atoms with E-state index in [1.807, 2.05) is 5.38 Å². The van der Waals surface area contributed by atoms with Crippen molar-refractivity contribution in [2.24, 2.45) is 0 Å². The number of nitrogens with zero attached hydrogens (tertiary/aromatic N) is 2. The van der Waals surface area contributed by atoms with Crippen molar-refractivity contribution < 1.29 is 22.8 Å². The van der Waals surface area contributed by atoms with Crippen molar-refractivity contribution in [2.75, 3.05) is 19.6 Å². The molecule has 1 saturated heterocycles. The van der Waals surface area contributed by atoms with Gasteiger partial charge in [-0.1, -0.05) is 18.2 Å². The molecule has 156 valence electrons. The number of rotatable bonds is 7. The van der Waals surface area contributed by atoms with E-state index in [1.165, 1.54) is 29.5 Å². The van der Waals surface area contributed by atoms with Gasteiger partial charge in [0.05, 0.1) is 29.2 Å². The molecule has 1 aromatic heterocycles. The van der Waals surface area contributed by atoms with Gasteiger partial charge in [0.15, 0.2) is 0 Å². The predicted octanol–water partition coefficient (Wildman–Crippen LogP) is 2.21. The summed E-state index contributed by atoms with van der Waals surface area (Å²) in [6, 6.07) is 4.49. The molecule has 0 bridgehead atoms. The van der Waals surface area contributed by atoms with Crippen LogP contribution in [0.5, 0.6) is 0 Å². The Morgan fingerprint density at radius 2 is 2.14 bits per heavy atom. The van der Waals surface area contributed by atoms with E-state index in [0.29, 0.717) is 26.1 Å². The van der Waals surface area contributed by atoms with Crippen LogP contribution in [-0.2, 0) is 28.7 Å². The van der Waals surface area contributed by atoms with Gasteiger partial charge in [-0.15, -0.1) is 11.3 Å². The van der Waals surface area contributed by atoms with E-state index in [0.717, 1.165) is 11.8 Å². The number of hydrogen-bond donors (Lipinski definition) is 2. The summed E-state index contributed by atoms with van der Waals surface area (Å²) < 4.78 is 39.8. The summed E-state index contributed by atoms with van der Waals surface area (Å²) in [7, 11) is 0. The molecule has 2 amide bonds. The fourth-order valence-corrected chi connectivity index (χ4v) is 3.86. The van der Waals surface area contributed by atoms with E-state index >= 15 is 0 Å². The van der Waals surface area contributed by atoms with Gasteiger partial charge in [-0.05, 0) is 11.6 Å². The minimum atomic E-state index is -4.47. The molecular weight excluding hydrogens is 405 g/mol. The van der Waals surface area contributed by atoms with Gasteiger partial charge in [0.1, 0.15) is 0 Å². The monoisotopic (exact) mass is 426 g/mol. The highest BCUT2D eigenvalue weighted by molar-refractivity contribution is 7.07. The number of alkyl halides is 3. The summed E-state index contributed by atoms with van der Waals surface area (Å²) in [4.78, 5) is 30.4. The highest BCUT2D eigenvalue weighted by Crippen LogP contribution is 2.32. The second kappa shape index (κ2) is 9.36. The maximum Gasteiger partial charge on any atom is 0.416 e. The molecule has 2 heterocycles. The lowest BCUT2D eigenvalue weighted by Gasteiger charge is -2.35. The first-order valence-corrected chi connectivity index (χ1v) is 10.1. The second-order valence-electron chi connectivity index (χ2n) is 6.72. The lowest BCUT2D eigenvalue weighted by atomic mass is 10.0. The smallest absolute Gasteiger partial charge is 0.356 e. The largest absolute Gasteiger partial charge is 0.416 e. The molecule has 1 aliphatic heterocycles. The number of aromatic nitrogens is 1. The molecule has 0 radical (unpaired) electrons. The number of amides is 2. The third-order valence-corrected chi connectivity index (χ3v) is 5.34.